The highest BCUT2D eigenvalue weighted by Crippen LogP contribution is 2.30. The van der Waals surface area contributed by atoms with Crippen LogP contribution in [0.15, 0.2) is 22.8 Å². The Balaban J connectivity index is 1.63. The molecule has 1 aliphatic carbocycles. The molecule has 1 saturated carbocycles. The van der Waals surface area contributed by atoms with Crippen molar-refractivity contribution in [1.82, 2.24) is 15.1 Å². The Labute approximate surface area is 116 Å². The van der Waals surface area contributed by atoms with Crippen LogP contribution in [0.2, 0.25) is 0 Å². The number of hydrogen-bond donors (Lipinski definition) is 1. The fourth-order valence-corrected chi connectivity index (χ4v) is 2.90. The second-order valence-corrected chi connectivity index (χ2v) is 5.81. The maximum absolute atomic E-state index is 5.44. The molecule has 0 unspecified atom stereocenters. The number of furan rings is 1. The topological polar surface area (TPSA) is 54.2 Å². The summed E-state index contributed by atoms with van der Waals surface area (Å²) in [6.07, 6.45) is 4.29. The summed E-state index contributed by atoms with van der Waals surface area (Å²) in [6, 6.07) is 4.64. The first kappa shape index (κ1) is 12.6. The molecule has 3 rings (SSSR count). The summed E-state index contributed by atoms with van der Waals surface area (Å²) in [5.74, 6) is 1.02. The molecule has 102 valence electrons. The second kappa shape index (κ2) is 5.71. The molecule has 0 aromatic carbocycles. The lowest BCUT2D eigenvalue weighted by Gasteiger charge is -2.18. The van der Waals surface area contributed by atoms with Crippen LogP contribution in [-0.2, 0) is 13.1 Å². The average molecular weight is 278 g/mol. The summed E-state index contributed by atoms with van der Waals surface area (Å²) in [7, 11) is 0. The highest BCUT2D eigenvalue weighted by atomic mass is 32.1. The van der Waals surface area contributed by atoms with Crippen LogP contribution in [0, 0.1) is 0 Å². The molecule has 0 radical (unpaired) electrons. The van der Waals surface area contributed by atoms with Gasteiger partial charge in [0.2, 0.25) is 5.13 Å². The zero-order valence-corrected chi connectivity index (χ0v) is 11.8. The first-order valence-corrected chi connectivity index (χ1v) is 7.49. The summed E-state index contributed by atoms with van der Waals surface area (Å²) in [4.78, 5) is 2.43. The first-order chi connectivity index (χ1) is 9.35. The minimum atomic E-state index is 0.677. The van der Waals surface area contributed by atoms with Crippen LogP contribution in [0.5, 0.6) is 0 Å². The monoisotopic (exact) mass is 278 g/mol. The lowest BCUT2D eigenvalue weighted by atomic mass is 10.4. The van der Waals surface area contributed by atoms with E-state index in [2.05, 4.69) is 27.3 Å². The summed E-state index contributed by atoms with van der Waals surface area (Å²) in [5, 5.41) is 13.6. The maximum Gasteiger partial charge on any atom is 0.205 e. The first-order valence-electron chi connectivity index (χ1n) is 6.68. The molecule has 2 heterocycles. The number of anilines is 1. The van der Waals surface area contributed by atoms with Gasteiger partial charge in [-0.2, -0.15) is 0 Å². The van der Waals surface area contributed by atoms with Gasteiger partial charge in [0, 0.05) is 12.6 Å². The standard InChI is InChI=1S/C13H18N4OS/c1-2-14-13-16-15-12(19-13)9-17(10-5-6-10)8-11-4-3-7-18-11/h3-4,7,10H,2,5-6,8-9H2,1H3,(H,14,16). The van der Waals surface area contributed by atoms with Crippen LogP contribution in [0.1, 0.15) is 30.5 Å². The Kier molecular flexibility index (Phi) is 3.79. The number of hydrogen-bond acceptors (Lipinski definition) is 6. The third-order valence-corrected chi connectivity index (χ3v) is 4.00. The molecule has 2 aromatic rings. The molecule has 6 heteroatoms. The predicted molar refractivity (Wildman–Crippen MR) is 75.0 cm³/mol. The van der Waals surface area contributed by atoms with Gasteiger partial charge in [0.05, 0.1) is 19.4 Å². The van der Waals surface area contributed by atoms with E-state index in [1.807, 2.05) is 12.1 Å². The van der Waals surface area contributed by atoms with Gasteiger partial charge in [-0.05, 0) is 31.9 Å². The lowest BCUT2D eigenvalue weighted by molar-refractivity contribution is 0.224. The van der Waals surface area contributed by atoms with Gasteiger partial charge in [-0.3, -0.25) is 4.90 Å². The van der Waals surface area contributed by atoms with Gasteiger partial charge in [-0.1, -0.05) is 11.3 Å². The smallest absolute Gasteiger partial charge is 0.205 e. The normalized spacial score (nSPS) is 15.1. The van der Waals surface area contributed by atoms with Crippen LogP contribution in [-0.4, -0.2) is 27.7 Å². The van der Waals surface area contributed by atoms with E-state index in [9.17, 15) is 0 Å². The Bertz CT molecular complexity index is 506. The van der Waals surface area contributed by atoms with Gasteiger partial charge < -0.3 is 9.73 Å². The molecule has 2 aromatic heterocycles. The highest BCUT2D eigenvalue weighted by molar-refractivity contribution is 7.15. The fraction of sp³-hybridized carbons (Fsp3) is 0.538. The molecule has 1 N–H and O–H groups in total. The van der Waals surface area contributed by atoms with E-state index in [-0.39, 0.29) is 0 Å². The van der Waals surface area contributed by atoms with E-state index in [1.54, 1.807) is 17.6 Å². The van der Waals surface area contributed by atoms with Gasteiger partial charge in [0.1, 0.15) is 10.8 Å². The molecule has 1 fully saturated rings. The van der Waals surface area contributed by atoms with Crippen molar-refractivity contribution in [1.29, 1.82) is 0 Å². The van der Waals surface area contributed by atoms with Crippen molar-refractivity contribution in [3.63, 3.8) is 0 Å². The van der Waals surface area contributed by atoms with E-state index >= 15 is 0 Å². The Morgan fingerprint density at radius 3 is 3.00 bits per heavy atom. The van der Waals surface area contributed by atoms with Crippen molar-refractivity contribution in [2.75, 3.05) is 11.9 Å². The zero-order valence-electron chi connectivity index (χ0n) is 11.0. The predicted octanol–water partition coefficient (Wildman–Crippen LogP) is 2.73. The molecule has 0 saturated heterocycles. The molecule has 0 aliphatic heterocycles. The van der Waals surface area contributed by atoms with Crippen LogP contribution in [0.3, 0.4) is 0 Å². The lowest BCUT2D eigenvalue weighted by Crippen LogP contribution is -2.24. The van der Waals surface area contributed by atoms with Gasteiger partial charge in [0.15, 0.2) is 0 Å². The van der Waals surface area contributed by atoms with E-state index in [0.29, 0.717) is 6.04 Å². The van der Waals surface area contributed by atoms with Crippen molar-refractivity contribution < 1.29 is 4.42 Å². The minimum absolute atomic E-state index is 0.677. The number of nitrogens with zero attached hydrogens (tertiary/aromatic N) is 3. The van der Waals surface area contributed by atoms with Gasteiger partial charge in [-0.25, -0.2) is 0 Å². The number of aromatic nitrogens is 2. The largest absolute Gasteiger partial charge is 0.468 e. The number of rotatable bonds is 7. The van der Waals surface area contributed by atoms with Crippen LogP contribution < -0.4 is 5.32 Å². The van der Waals surface area contributed by atoms with Crippen LogP contribution in [0.25, 0.3) is 0 Å². The average Bonchev–Trinajstić information content (AvgIpc) is 2.95. The van der Waals surface area contributed by atoms with Crippen LogP contribution in [0.4, 0.5) is 5.13 Å². The summed E-state index contributed by atoms with van der Waals surface area (Å²) < 4.78 is 5.44. The molecule has 0 amide bonds. The molecule has 0 bridgehead atoms. The van der Waals surface area contributed by atoms with Crippen molar-refractivity contribution in [3.05, 3.63) is 29.2 Å². The van der Waals surface area contributed by atoms with Crippen molar-refractivity contribution in [2.45, 2.75) is 38.9 Å². The number of nitrogens with one attached hydrogen (secondary N) is 1. The fourth-order valence-electron chi connectivity index (χ4n) is 2.07. The van der Waals surface area contributed by atoms with Crippen molar-refractivity contribution >= 4 is 16.5 Å². The molecular weight excluding hydrogens is 260 g/mol. The van der Waals surface area contributed by atoms with Gasteiger partial charge in [-0.15, -0.1) is 10.2 Å². The zero-order chi connectivity index (χ0) is 13.1. The van der Waals surface area contributed by atoms with Gasteiger partial charge in [0.25, 0.3) is 0 Å². The molecule has 0 spiro atoms. The van der Waals surface area contributed by atoms with Gasteiger partial charge >= 0.3 is 0 Å². The molecule has 5 nitrogen and oxygen atoms in total. The van der Waals surface area contributed by atoms with Crippen molar-refractivity contribution in [3.8, 4) is 0 Å². The van der Waals surface area contributed by atoms with E-state index in [4.69, 9.17) is 4.42 Å². The second-order valence-electron chi connectivity index (χ2n) is 4.75. The SMILES string of the molecule is CCNc1nnc(CN(Cc2ccco2)C2CC2)s1. The van der Waals surface area contributed by atoms with Crippen molar-refractivity contribution in [2.24, 2.45) is 0 Å². The third kappa shape index (κ3) is 3.33. The summed E-state index contributed by atoms with van der Waals surface area (Å²) in [6.45, 7) is 4.66. The van der Waals surface area contributed by atoms with E-state index in [0.717, 1.165) is 35.5 Å². The third-order valence-electron chi connectivity index (χ3n) is 3.14. The summed E-state index contributed by atoms with van der Waals surface area (Å²) in [5.41, 5.74) is 0. The quantitative estimate of drug-likeness (QED) is 0.844. The maximum atomic E-state index is 5.44. The van der Waals surface area contributed by atoms with E-state index in [1.165, 1.54) is 12.8 Å². The Morgan fingerprint density at radius 1 is 1.42 bits per heavy atom. The Morgan fingerprint density at radius 2 is 2.32 bits per heavy atom. The highest BCUT2D eigenvalue weighted by Gasteiger charge is 2.30. The molecule has 1 aliphatic rings. The molecular formula is C13H18N4OS. The van der Waals surface area contributed by atoms with E-state index < -0.39 is 0 Å². The Hall–Kier alpha value is -1.40. The minimum Gasteiger partial charge on any atom is -0.468 e. The molecule has 0 atom stereocenters. The van der Waals surface area contributed by atoms with Crippen LogP contribution >= 0.6 is 11.3 Å². The summed E-state index contributed by atoms with van der Waals surface area (Å²) >= 11 is 1.64. The molecule has 19 heavy (non-hydrogen) atoms.